The number of fused-ring (bicyclic) bond motifs is 2. The number of rotatable bonds is 11. The first-order chi connectivity index (χ1) is 16.1. The van der Waals surface area contributed by atoms with Crippen molar-refractivity contribution in [2.75, 3.05) is 6.61 Å². The molecule has 5 nitrogen and oxygen atoms in total. The van der Waals surface area contributed by atoms with Crippen molar-refractivity contribution in [3.63, 3.8) is 0 Å². The smallest absolute Gasteiger partial charge is 0.344 e. The highest BCUT2D eigenvalue weighted by Gasteiger charge is 2.44. The molecule has 0 saturated heterocycles. The number of aliphatic hydroxyl groups is 2. The summed E-state index contributed by atoms with van der Waals surface area (Å²) in [6, 6.07) is 6.09. The summed E-state index contributed by atoms with van der Waals surface area (Å²) in [5.74, 6) is 1.53. The van der Waals surface area contributed by atoms with Crippen molar-refractivity contribution in [2.45, 2.75) is 111 Å². The van der Waals surface area contributed by atoms with E-state index in [0.29, 0.717) is 11.8 Å². The normalized spacial score (nSPS) is 25.9. The predicted molar refractivity (Wildman–Crippen MR) is 135 cm³/mol. The Morgan fingerprint density at radius 3 is 2.65 bits per heavy atom. The van der Waals surface area contributed by atoms with Crippen LogP contribution < -0.4 is 4.74 Å². The zero-order valence-corrected chi connectivity index (χ0v) is 21.9. The molecule has 0 bridgehead atoms. The summed E-state index contributed by atoms with van der Waals surface area (Å²) >= 11 is 0. The number of benzene rings is 1. The highest BCUT2D eigenvalue weighted by atomic mass is 16.6. The molecule has 2 aliphatic rings. The van der Waals surface area contributed by atoms with Crippen LogP contribution in [0.4, 0.5) is 0 Å². The lowest BCUT2D eigenvalue weighted by Crippen LogP contribution is -2.31. The minimum absolute atomic E-state index is 0.0911. The highest BCUT2D eigenvalue weighted by molar-refractivity contribution is 5.71. The van der Waals surface area contributed by atoms with E-state index in [1.807, 2.05) is 39.8 Å². The molecule has 0 amide bonds. The summed E-state index contributed by atoms with van der Waals surface area (Å²) in [6.07, 6.45) is 7.81. The number of ether oxygens (including phenoxy) is 2. The van der Waals surface area contributed by atoms with E-state index in [1.165, 1.54) is 24.0 Å². The van der Waals surface area contributed by atoms with Crippen LogP contribution in [0.15, 0.2) is 18.2 Å². The van der Waals surface area contributed by atoms with Crippen LogP contribution in [0.5, 0.6) is 5.75 Å². The number of hydrogen-bond acceptors (Lipinski definition) is 5. The van der Waals surface area contributed by atoms with E-state index >= 15 is 0 Å². The van der Waals surface area contributed by atoms with Crippen LogP contribution in [-0.4, -0.2) is 41.1 Å². The zero-order chi connectivity index (χ0) is 24.9. The average Bonchev–Trinajstić information content (AvgIpc) is 3.08. The third kappa shape index (κ3) is 6.97. The van der Waals surface area contributed by atoms with Gasteiger partial charge in [-0.3, -0.25) is 0 Å². The van der Waals surface area contributed by atoms with Gasteiger partial charge in [-0.05, 0) is 85.8 Å². The van der Waals surface area contributed by atoms with Crippen molar-refractivity contribution in [1.29, 1.82) is 0 Å². The van der Waals surface area contributed by atoms with Crippen molar-refractivity contribution in [2.24, 2.45) is 23.2 Å². The average molecular weight is 475 g/mol. The maximum atomic E-state index is 12.3. The number of aliphatic hydroxyl groups excluding tert-OH is 2. The first-order valence-corrected chi connectivity index (χ1v) is 13.4. The lowest BCUT2D eigenvalue weighted by molar-refractivity contribution is -0.155. The van der Waals surface area contributed by atoms with Gasteiger partial charge in [-0.2, -0.15) is 0 Å². The van der Waals surface area contributed by atoms with E-state index in [2.05, 4.69) is 13.0 Å². The number of hydrogen-bond donors (Lipinski definition) is 2. The van der Waals surface area contributed by atoms with E-state index in [1.54, 1.807) is 0 Å². The molecule has 0 aliphatic heterocycles. The third-order valence-electron chi connectivity index (χ3n) is 8.19. The second-order valence-corrected chi connectivity index (χ2v) is 11.7. The van der Waals surface area contributed by atoms with Crippen molar-refractivity contribution < 1.29 is 24.5 Å². The van der Waals surface area contributed by atoms with Crippen LogP contribution in [0.1, 0.15) is 90.7 Å². The Labute approximate surface area is 206 Å². The fourth-order valence-electron chi connectivity index (χ4n) is 5.64. The SMILES string of the molecule is CCCCC[C@H](O)CC[C@H]1[C@H](O)CC2Cc3c(cccc3OCC(=O)OC(C)C(C)(C)C)C[C@@H]21. The zero-order valence-electron chi connectivity index (χ0n) is 21.9. The van der Waals surface area contributed by atoms with Crippen molar-refractivity contribution in [3.8, 4) is 5.75 Å². The van der Waals surface area contributed by atoms with Gasteiger partial charge in [0.05, 0.1) is 12.2 Å². The highest BCUT2D eigenvalue weighted by Crippen LogP contribution is 2.48. The Balaban J connectivity index is 1.58. The molecule has 0 heterocycles. The molecular formula is C29H46O5. The minimum Gasteiger partial charge on any atom is -0.482 e. The van der Waals surface area contributed by atoms with Gasteiger partial charge >= 0.3 is 5.97 Å². The van der Waals surface area contributed by atoms with Crippen molar-refractivity contribution in [1.82, 2.24) is 0 Å². The van der Waals surface area contributed by atoms with Gasteiger partial charge < -0.3 is 19.7 Å². The number of carbonyl (C=O) groups excluding carboxylic acids is 1. The molecule has 1 aromatic rings. The summed E-state index contributed by atoms with van der Waals surface area (Å²) in [4.78, 5) is 12.3. The quantitative estimate of drug-likeness (QED) is 0.328. The van der Waals surface area contributed by atoms with Crippen molar-refractivity contribution >= 4 is 5.97 Å². The lowest BCUT2D eigenvalue weighted by atomic mass is 9.73. The second-order valence-electron chi connectivity index (χ2n) is 11.7. The maximum Gasteiger partial charge on any atom is 0.344 e. The van der Waals surface area contributed by atoms with Gasteiger partial charge in [-0.15, -0.1) is 0 Å². The van der Waals surface area contributed by atoms with E-state index in [-0.39, 0.29) is 42.2 Å². The Kier molecular flexibility index (Phi) is 9.45. The molecule has 3 rings (SSSR count). The molecule has 34 heavy (non-hydrogen) atoms. The largest absolute Gasteiger partial charge is 0.482 e. The number of esters is 1. The predicted octanol–water partition coefficient (Wildman–Crippen LogP) is 5.48. The van der Waals surface area contributed by atoms with Crippen LogP contribution in [0.2, 0.25) is 0 Å². The number of carbonyl (C=O) groups is 1. The first-order valence-electron chi connectivity index (χ1n) is 13.4. The summed E-state index contributed by atoms with van der Waals surface area (Å²) in [6.45, 7) is 10.1. The molecular weight excluding hydrogens is 428 g/mol. The van der Waals surface area contributed by atoms with Gasteiger partial charge in [0.2, 0.25) is 0 Å². The van der Waals surface area contributed by atoms with E-state index < -0.39 is 0 Å². The monoisotopic (exact) mass is 474 g/mol. The fraction of sp³-hybridized carbons (Fsp3) is 0.759. The molecule has 0 spiro atoms. The van der Waals surface area contributed by atoms with Crippen LogP contribution in [0.25, 0.3) is 0 Å². The summed E-state index contributed by atoms with van der Waals surface area (Å²) in [5, 5.41) is 21.2. The first kappa shape index (κ1) is 27.0. The van der Waals surface area contributed by atoms with Crippen molar-refractivity contribution in [3.05, 3.63) is 29.3 Å². The molecule has 0 radical (unpaired) electrons. The molecule has 1 fully saturated rings. The Bertz CT molecular complexity index is 798. The van der Waals surface area contributed by atoms with Crippen LogP contribution in [0.3, 0.4) is 0 Å². The molecule has 2 unspecified atom stereocenters. The Morgan fingerprint density at radius 1 is 1.18 bits per heavy atom. The van der Waals surface area contributed by atoms with Gasteiger partial charge in [0.25, 0.3) is 0 Å². The van der Waals surface area contributed by atoms with E-state index in [9.17, 15) is 15.0 Å². The molecule has 1 aromatic carbocycles. The third-order valence-corrected chi connectivity index (χ3v) is 8.19. The van der Waals surface area contributed by atoms with Crippen LogP contribution >= 0.6 is 0 Å². The summed E-state index contributed by atoms with van der Waals surface area (Å²) < 4.78 is 11.5. The molecule has 0 aromatic heterocycles. The second kappa shape index (κ2) is 11.9. The summed E-state index contributed by atoms with van der Waals surface area (Å²) in [7, 11) is 0. The number of unbranched alkanes of at least 4 members (excludes halogenated alkanes) is 2. The van der Waals surface area contributed by atoms with Gasteiger partial charge in [-0.25, -0.2) is 4.79 Å². The topological polar surface area (TPSA) is 76.0 Å². The molecule has 6 atom stereocenters. The fourth-order valence-corrected chi connectivity index (χ4v) is 5.64. The van der Waals surface area contributed by atoms with E-state index in [4.69, 9.17) is 9.47 Å². The van der Waals surface area contributed by atoms with E-state index in [0.717, 1.165) is 50.7 Å². The maximum absolute atomic E-state index is 12.3. The Morgan fingerprint density at radius 2 is 1.94 bits per heavy atom. The lowest BCUT2D eigenvalue weighted by Gasteiger charge is -2.32. The van der Waals surface area contributed by atoms with Gasteiger partial charge in [0.15, 0.2) is 6.61 Å². The summed E-state index contributed by atoms with van der Waals surface area (Å²) in [5.41, 5.74) is 2.33. The molecule has 2 aliphatic carbocycles. The van der Waals surface area contributed by atoms with Gasteiger partial charge in [0.1, 0.15) is 11.9 Å². The standard InChI is InChI=1S/C29H46O5/c1-6-7-8-11-22(30)13-14-23-24-15-20-10-9-12-27(25(20)16-21(24)17-26(23)31)33-18-28(32)34-19(2)29(3,4)5/h9-10,12,19,21-24,26,30-31H,6-8,11,13-18H2,1-5H3/t19?,21?,22-,23+,24-,26+/m0/s1. The van der Waals surface area contributed by atoms with Gasteiger partial charge in [0, 0.05) is 0 Å². The Hall–Kier alpha value is -1.59. The van der Waals surface area contributed by atoms with Gasteiger partial charge in [-0.1, -0.05) is 59.1 Å². The van der Waals surface area contributed by atoms with Crippen LogP contribution in [-0.2, 0) is 22.4 Å². The molecule has 192 valence electrons. The molecule has 5 heteroatoms. The minimum atomic E-state index is -0.345. The van der Waals surface area contributed by atoms with Crippen LogP contribution in [0, 0.1) is 23.2 Å². The molecule has 1 saturated carbocycles. The molecule has 2 N–H and O–H groups in total.